The third kappa shape index (κ3) is 2.45. The van der Waals surface area contributed by atoms with Crippen molar-refractivity contribution in [1.82, 2.24) is 9.36 Å². The van der Waals surface area contributed by atoms with E-state index in [1.54, 1.807) is 11.5 Å². The third-order valence-electron chi connectivity index (χ3n) is 3.85. The number of nitrogens with zero attached hydrogens (tertiary/aromatic N) is 3. The Balaban J connectivity index is 1.69. The third-order valence-corrected chi connectivity index (χ3v) is 4.64. The highest BCUT2D eigenvalue weighted by Crippen LogP contribution is 2.40. The zero-order chi connectivity index (χ0) is 11.8. The monoisotopic (exact) mass is 252 g/mol. The van der Waals surface area contributed by atoms with Crippen LogP contribution in [0.25, 0.3) is 0 Å². The zero-order valence-corrected chi connectivity index (χ0v) is 11.1. The molecule has 1 aromatic rings. The van der Waals surface area contributed by atoms with Crippen molar-refractivity contribution in [2.45, 2.75) is 44.6 Å². The van der Waals surface area contributed by atoms with Gasteiger partial charge in [0.25, 0.3) is 0 Å². The molecule has 0 aromatic carbocycles. The molecule has 1 saturated carbocycles. The van der Waals surface area contributed by atoms with Gasteiger partial charge in [-0.1, -0.05) is 0 Å². The predicted octanol–water partition coefficient (Wildman–Crippen LogP) is 1.98. The van der Waals surface area contributed by atoms with E-state index in [0.717, 1.165) is 24.0 Å². The van der Waals surface area contributed by atoms with Crippen molar-refractivity contribution in [3.05, 3.63) is 5.82 Å². The fourth-order valence-corrected chi connectivity index (χ4v) is 3.26. The van der Waals surface area contributed by atoms with Crippen LogP contribution in [-0.4, -0.2) is 28.5 Å². The maximum atomic E-state index is 6.01. The molecule has 2 fully saturated rings. The molecule has 1 aliphatic heterocycles. The second-order valence-corrected chi connectivity index (χ2v) is 6.15. The van der Waals surface area contributed by atoms with Gasteiger partial charge in [0.05, 0.1) is 0 Å². The van der Waals surface area contributed by atoms with Crippen LogP contribution in [0.3, 0.4) is 0 Å². The first kappa shape index (κ1) is 11.4. The largest absolute Gasteiger partial charge is 0.347 e. The number of nitrogens with two attached hydrogens (primary N) is 1. The maximum absolute atomic E-state index is 6.01. The molecule has 2 heterocycles. The second-order valence-electron chi connectivity index (χ2n) is 5.42. The molecular weight excluding hydrogens is 232 g/mol. The summed E-state index contributed by atoms with van der Waals surface area (Å²) in [5, 5.41) is 1.11. The highest BCUT2D eigenvalue weighted by atomic mass is 32.1. The van der Waals surface area contributed by atoms with Crippen molar-refractivity contribution in [3.63, 3.8) is 0 Å². The van der Waals surface area contributed by atoms with E-state index in [1.165, 1.54) is 25.7 Å². The van der Waals surface area contributed by atoms with Gasteiger partial charge in [0.2, 0.25) is 5.13 Å². The number of aromatic nitrogens is 2. The Labute approximate surface area is 106 Å². The molecule has 2 aliphatic rings. The Morgan fingerprint density at radius 1 is 1.41 bits per heavy atom. The van der Waals surface area contributed by atoms with Crippen molar-refractivity contribution < 1.29 is 0 Å². The van der Waals surface area contributed by atoms with E-state index >= 15 is 0 Å². The molecule has 0 radical (unpaired) electrons. The summed E-state index contributed by atoms with van der Waals surface area (Å²) >= 11 is 1.56. The molecule has 3 rings (SSSR count). The fourth-order valence-electron chi connectivity index (χ4n) is 2.48. The number of piperidine rings is 1. The van der Waals surface area contributed by atoms with Crippen molar-refractivity contribution >= 4 is 16.7 Å². The molecule has 17 heavy (non-hydrogen) atoms. The Morgan fingerprint density at radius 2 is 2.24 bits per heavy atom. The first-order valence-corrected chi connectivity index (χ1v) is 7.35. The second kappa shape index (κ2) is 4.53. The van der Waals surface area contributed by atoms with Gasteiger partial charge < -0.3 is 10.6 Å². The van der Waals surface area contributed by atoms with Crippen LogP contribution >= 0.6 is 11.5 Å². The molecule has 1 aromatic heterocycles. The molecule has 2 atom stereocenters. The van der Waals surface area contributed by atoms with Gasteiger partial charge in [-0.05, 0) is 38.5 Å². The van der Waals surface area contributed by atoms with Crippen LogP contribution in [0.1, 0.15) is 44.3 Å². The maximum Gasteiger partial charge on any atom is 0.205 e. The smallest absolute Gasteiger partial charge is 0.205 e. The lowest BCUT2D eigenvalue weighted by atomic mass is 9.92. The molecule has 0 bridgehead atoms. The number of hydrogen-bond acceptors (Lipinski definition) is 5. The molecule has 0 amide bonds. The highest BCUT2D eigenvalue weighted by molar-refractivity contribution is 7.09. The van der Waals surface area contributed by atoms with Crippen LogP contribution in [0, 0.1) is 5.92 Å². The summed E-state index contributed by atoms with van der Waals surface area (Å²) in [4.78, 5) is 7.06. The van der Waals surface area contributed by atoms with Crippen LogP contribution in [0.4, 0.5) is 5.13 Å². The van der Waals surface area contributed by atoms with E-state index in [0.29, 0.717) is 11.8 Å². The lowest BCUT2D eigenvalue weighted by Crippen LogP contribution is -2.42. The van der Waals surface area contributed by atoms with Gasteiger partial charge in [-0.2, -0.15) is 4.37 Å². The molecule has 1 saturated heterocycles. The van der Waals surface area contributed by atoms with Gasteiger partial charge >= 0.3 is 0 Å². The van der Waals surface area contributed by atoms with Crippen LogP contribution in [0.5, 0.6) is 0 Å². The van der Waals surface area contributed by atoms with E-state index < -0.39 is 0 Å². The van der Waals surface area contributed by atoms with Crippen LogP contribution in [0.2, 0.25) is 0 Å². The topological polar surface area (TPSA) is 55.0 Å². The van der Waals surface area contributed by atoms with Crippen LogP contribution in [-0.2, 0) is 0 Å². The normalized spacial score (nSPS) is 27.2. The Kier molecular flexibility index (Phi) is 3.04. The van der Waals surface area contributed by atoms with Gasteiger partial charge in [0.1, 0.15) is 5.82 Å². The van der Waals surface area contributed by atoms with Gasteiger partial charge in [-0.25, -0.2) is 4.98 Å². The van der Waals surface area contributed by atoms with Crippen molar-refractivity contribution in [2.75, 3.05) is 18.0 Å². The number of hydrogen-bond donors (Lipinski definition) is 1. The van der Waals surface area contributed by atoms with Gasteiger partial charge in [0, 0.05) is 36.6 Å². The molecule has 94 valence electrons. The lowest BCUT2D eigenvalue weighted by molar-refractivity contribution is 0.364. The molecule has 1 aliphatic carbocycles. The van der Waals surface area contributed by atoms with Crippen LogP contribution in [0.15, 0.2) is 0 Å². The van der Waals surface area contributed by atoms with Crippen molar-refractivity contribution in [3.8, 4) is 0 Å². The van der Waals surface area contributed by atoms with Gasteiger partial charge in [0.15, 0.2) is 0 Å². The average Bonchev–Trinajstić information content (AvgIpc) is 3.07. The summed E-state index contributed by atoms with van der Waals surface area (Å²) in [6.45, 7) is 4.28. The lowest BCUT2D eigenvalue weighted by Gasteiger charge is -2.34. The quantitative estimate of drug-likeness (QED) is 0.893. The molecule has 5 heteroatoms. The molecule has 0 spiro atoms. The SMILES string of the molecule is CC(N)C1CCCN(c2nc(C3CC3)ns2)C1. The summed E-state index contributed by atoms with van der Waals surface area (Å²) < 4.78 is 4.48. The van der Waals surface area contributed by atoms with Gasteiger partial charge in [-0.15, -0.1) is 0 Å². The molecule has 4 nitrogen and oxygen atoms in total. The molecule has 2 unspecified atom stereocenters. The minimum Gasteiger partial charge on any atom is -0.347 e. The molecular formula is C12H20N4S. The predicted molar refractivity (Wildman–Crippen MR) is 70.5 cm³/mol. The Morgan fingerprint density at radius 3 is 2.94 bits per heavy atom. The zero-order valence-electron chi connectivity index (χ0n) is 10.3. The van der Waals surface area contributed by atoms with E-state index in [1.807, 2.05) is 0 Å². The summed E-state index contributed by atoms with van der Waals surface area (Å²) in [6, 6.07) is 0.286. The van der Waals surface area contributed by atoms with E-state index in [9.17, 15) is 0 Å². The Hall–Kier alpha value is -0.680. The van der Waals surface area contributed by atoms with Gasteiger partial charge in [-0.3, -0.25) is 0 Å². The van der Waals surface area contributed by atoms with Crippen LogP contribution < -0.4 is 10.6 Å². The standard InChI is InChI=1S/C12H20N4S/c1-8(13)10-3-2-6-16(7-10)12-14-11(15-17-12)9-4-5-9/h8-10H,2-7,13H2,1H3. The van der Waals surface area contributed by atoms with E-state index in [2.05, 4.69) is 21.2 Å². The minimum atomic E-state index is 0.286. The summed E-state index contributed by atoms with van der Waals surface area (Å²) in [7, 11) is 0. The summed E-state index contributed by atoms with van der Waals surface area (Å²) in [5.41, 5.74) is 6.01. The first-order valence-electron chi connectivity index (χ1n) is 6.58. The fraction of sp³-hybridized carbons (Fsp3) is 0.833. The van der Waals surface area contributed by atoms with E-state index in [-0.39, 0.29) is 6.04 Å². The first-order chi connectivity index (χ1) is 8.24. The highest BCUT2D eigenvalue weighted by Gasteiger charge is 2.30. The summed E-state index contributed by atoms with van der Waals surface area (Å²) in [6.07, 6.45) is 5.03. The van der Waals surface area contributed by atoms with Crippen molar-refractivity contribution in [2.24, 2.45) is 11.7 Å². The summed E-state index contributed by atoms with van der Waals surface area (Å²) in [5.74, 6) is 2.35. The number of anilines is 1. The number of rotatable bonds is 3. The Bertz CT molecular complexity index is 386. The van der Waals surface area contributed by atoms with E-state index in [4.69, 9.17) is 5.73 Å². The van der Waals surface area contributed by atoms with Crippen molar-refractivity contribution in [1.29, 1.82) is 0 Å². The molecule has 2 N–H and O–H groups in total. The minimum absolute atomic E-state index is 0.286. The average molecular weight is 252 g/mol.